The van der Waals surface area contributed by atoms with Crippen molar-refractivity contribution < 1.29 is 19.1 Å². The highest BCUT2D eigenvalue weighted by Crippen LogP contribution is 2.56. The number of carbonyl (C=O) groups excluding carboxylic acids is 2. The first-order valence-electron chi connectivity index (χ1n) is 9.10. The van der Waals surface area contributed by atoms with Crippen LogP contribution in [0.5, 0.6) is 0 Å². The van der Waals surface area contributed by atoms with Crippen molar-refractivity contribution in [3.8, 4) is 0 Å². The second-order valence-electron chi connectivity index (χ2n) is 6.89. The maximum Gasteiger partial charge on any atom is 0.333 e. The fourth-order valence-corrected chi connectivity index (χ4v) is 10.5. The number of carbonyl (C=O) groups is 2. The zero-order valence-electron chi connectivity index (χ0n) is 16.4. The summed E-state index contributed by atoms with van der Waals surface area (Å²) < 4.78 is 11.4. The van der Waals surface area contributed by atoms with Gasteiger partial charge in [0.05, 0.1) is 9.16 Å². The molecule has 0 bridgehead atoms. The van der Waals surface area contributed by atoms with Gasteiger partial charge in [0, 0.05) is 33.2 Å². The molecule has 0 N–H and O–H groups in total. The number of hydrogen-bond donors (Lipinski definition) is 0. The van der Waals surface area contributed by atoms with Gasteiger partial charge in [-0.15, -0.1) is 47.0 Å². The van der Waals surface area contributed by atoms with Crippen molar-refractivity contribution in [1.82, 2.24) is 0 Å². The van der Waals surface area contributed by atoms with Crippen LogP contribution in [-0.4, -0.2) is 47.2 Å². The van der Waals surface area contributed by atoms with E-state index in [4.69, 9.17) is 9.47 Å². The Balaban J connectivity index is 1.52. The van der Waals surface area contributed by atoms with E-state index in [1.54, 1.807) is 25.2 Å². The Morgan fingerprint density at radius 2 is 1.31 bits per heavy atom. The molecule has 2 aliphatic rings. The van der Waals surface area contributed by atoms with E-state index in [-0.39, 0.29) is 11.9 Å². The standard InChI is InChI=1S/C20H24O4S5/c1-11(2)17(21)23-5-13-7-26-19(28-13)15-9-25-10-16(15)20-27-8-14(29-20)6-24-18(22)12(3)4/h9-10,13-14,19-20H,1,3,5-8H2,2,4H3. The van der Waals surface area contributed by atoms with Crippen LogP contribution in [0.1, 0.15) is 34.1 Å². The van der Waals surface area contributed by atoms with Crippen LogP contribution in [0.3, 0.4) is 0 Å². The largest absolute Gasteiger partial charge is 0.461 e. The van der Waals surface area contributed by atoms with Crippen LogP contribution in [0.4, 0.5) is 0 Å². The summed E-state index contributed by atoms with van der Waals surface area (Å²) in [6.45, 7) is 11.5. The predicted octanol–water partition coefficient (Wildman–Crippen LogP) is 5.68. The molecule has 4 nitrogen and oxygen atoms in total. The molecule has 0 aliphatic carbocycles. The summed E-state index contributed by atoms with van der Waals surface area (Å²) >= 11 is 9.33. The van der Waals surface area contributed by atoms with Crippen molar-refractivity contribution in [2.24, 2.45) is 0 Å². The molecule has 9 heteroatoms. The number of hydrogen-bond acceptors (Lipinski definition) is 9. The van der Waals surface area contributed by atoms with Crippen LogP contribution in [0.2, 0.25) is 0 Å². The molecule has 29 heavy (non-hydrogen) atoms. The van der Waals surface area contributed by atoms with Crippen LogP contribution < -0.4 is 0 Å². The minimum Gasteiger partial charge on any atom is -0.461 e. The van der Waals surface area contributed by atoms with Crippen molar-refractivity contribution >= 4 is 70.3 Å². The SMILES string of the molecule is C=C(C)C(=O)OCC1CSC(c2cscc2C2SCC(COC(=O)C(=C)C)S2)S1. The third kappa shape index (κ3) is 6.26. The molecule has 2 fully saturated rings. The van der Waals surface area contributed by atoms with E-state index in [1.165, 1.54) is 11.1 Å². The smallest absolute Gasteiger partial charge is 0.333 e. The van der Waals surface area contributed by atoms with Gasteiger partial charge in [-0.05, 0) is 35.7 Å². The lowest BCUT2D eigenvalue weighted by molar-refractivity contribution is -0.139. The summed E-state index contributed by atoms with van der Waals surface area (Å²) in [4.78, 5) is 23.2. The lowest BCUT2D eigenvalue weighted by Gasteiger charge is -2.15. The van der Waals surface area contributed by atoms with Crippen molar-refractivity contribution in [1.29, 1.82) is 0 Å². The lowest BCUT2D eigenvalue weighted by atomic mass is 10.2. The molecule has 2 saturated heterocycles. The molecule has 1 aromatic rings. The minimum atomic E-state index is -0.313. The highest BCUT2D eigenvalue weighted by atomic mass is 32.2. The first-order chi connectivity index (χ1) is 13.8. The van der Waals surface area contributed by atoms with Crippen molar-refractivity contribution in [3.63, 3.8) is 0 Å². The molecule has 0 spiro atoms. The molecule has 0 aromatic carbocycles. The van der Waals surface area contributed by atoms with E-state index in [9.17, 15) is 9.59 Å². The zero-order chi connectivity index (χ0) is 21.0. The van der Waals surface area contributed by atoms with Gasteiger partial charge in [-0.2, -0.15) is 11.3 Å². The Hall–Kier alpha value is -0.480. The van der Waals surface area contributed by atoms with Gasteiger partial charge in [0.15, 0.2) is 0 Å². The molecule has 3 rings (SSSR count). The van der Waals surface area contributed by atoms with E-state index < -0.39 is 0 Å². The van der Waals surface area contributed by atoms with E-state index in [2.05, 4.69) is 23.9 Å². The summed E-state index contributed by atoms with van der Waals surface area (Å²) in [6.07, 6.45) is 0. The molecule has 0 saturated carbocycles. The van der Waals surface area contributed by atoms with Crippen molar-refractivity contribution in [2.75, 3.05) is 24.7 Å². The van der Waals surface area contributed by atoms with E-state index >= 15 is 0 Å². The Morgan fingerprint density at radius 3 is 1.69 bits per heavy atom. The van der Waals surface area contributed by atoms with Gasteiger partial charge in [0.2, 0.25) is 0 Å². The second kappa shape index (κ2) is 10.7. The Morgan fingerprint density at radius 1 is 0.897 bits per heavy atom. The highest BCUT2D eigenvalue weighted by Gasteiger charge is 2.35. The van der Waals surface area contributed by atoms with Gasteiger partial charge >= 0.3 is 11.9 Å². The summed E-state index contributed by atoms with van der Waals surface area (Å²) in [6, 6.07) is 0. The number of esters is 2. The molecule has 1 aromatic heterocycles. The number of ether oxygens (including phenoxy) is 2. The van der Waals surface area contributed by atoms with Gasteiger partial charge < -0.3 is 9.47 Å². The number of thioether (sulfide) groups is 4. The van der Waals surface area contributed by atoms with Crippen LogP contribution >= 0.6 is 58.4 Å². The third-order valence-corrected chi connectivity index (χ3v) is 11.6. The summed E-state index contributed by atoms with van der Waals surface area (Å²) in [5.41, 5.74) is 3.64. The molecular formula is C20H24O4S5. The molecule has 2 aliphatic heterocycles. The average molecular weight is 489 g/mol. The van der Waals surface area contributed by atoms with E-state index in [0.717, 1.165) is 11.5 Å². The fourth-order valence-electron chi connectivity index (χ4n) is 2.68. The van der Waals surface area contributed by atoms with Gasteiger partial charge in [-0.25, -0.2) is 9.59 Å². The fraction of sp³-hybridized carbons (Fsp3) is 0.500. The molecule has 3 heterocycles. The normalized spacial score (nSPS) is 26.3. The Kier molecular flexibility index (Phi) is 8.56. The summed E-state index contributed by atoms with van der Waals surface area (Å²) in [7, 11) is 0. The molecule has 0 radical (unpaired) electrons. The maximum atomic E-state index is 11.6. The monoisotopic (exact) mass is 488 g/mol. The summed E-state index contributed by atoms with van der Waals surface area (Å²) in [5, 5.41) is 5.11. The quantitative estimate of drug-likeness (QED) is 0.342. The average Bonchev–Trinajstić information content (AvgIpc) is 3.43. The Bertz CT molecular complexity index is 727. The minimum absolute atomic E-state index is 0.305. The molecule has 4 atom stereocenters. The Labute approximate surface area is 193 Å². The first kappa shape index (κ1) is 23.2. The zero-order valence-corrected chi connectivity index (χ0v) is 20.5. The number of rotatable bonds is 8. The topological polar surface area (TPSA) is 52.6 Å². The van der Waals surface area contributed by atoms with Crippen molar-refractivity contribution in [3.05, 3.63) is 46.2 Å². The van der Waals surface area contributed by atoms with Gasteiger partial charge in [-0.3, -0.25) is 0 Å². The van der Waals surface area contributed by atoms with Crippen molar-refractivity contribution in [2.45, 2.75) is 33.5 Å². The summed E-state index contributed by atoms with van der Waals surface area (Å²) in [5.74, 6) is 1.32. The lowest BCUT2D eigenvalue weighted by Crippen LogP contribution is -2.16. The highest BCUT2D eigenvalue weighted by molar-refractivity contribution is 8.20. The molecule has 0 amide bonds. The molecule has 158 valence electrons. The van der Waals surface area contributed by atoms with Crippen LogP contribution in [-0.2, 0) is 19.1 Å². The van der Waals surface area contributed by atoms with Crippen LogP contribution in [0, 0.1) is 0 Å². The number of thiophene rings is 1. The van der Waals surface area contributed by atoms with Crippen LogP contribution in [0.25, 0.3) is 0 Å². The van der Waals surface area contributed by atoms with Gasteiger partial charge in [0.1, 0.15) is 13.2 Å². The third-order valence-electron chi connectivity index (χ3n) is 4.23. The van der Waals surface area contributed by atoms with Gasteiger partial charge in [0.25, 0.3) is 0 Å². The first-order valence-corrected chi connectivity index (χ1v) is 14.0. The predicted molar refractivity (Wildman–Crippen MR) is 129 cm³/mol. The van der Waals surface area contributed by atoms with E-state index in [0.29, 0.717) is 44.0 Å². The second-order valence-corrected chi connectivity index (χ2v) is 13.3. The van der Waals surface area contributed by atoms with E-state index in [1.807, 2.05) is 47.0 Å². The molecular weight excluding hydrogens is 465 g/mol. The van der Waals surface area contributed by atoms with Crippen LogP contribution in [0.15, 0.2) is 35.1 Å². The molecule has 4 unspecified atom stereocenters. The maximum absolute atomic E-state index is 11.6. The van der Waals surface area contributed by atoms with Gasteiger partial charge in [-0.1, -0.05) is 13.2 Å².